The van der Waals surface area contributed by atoms with Gasteiger partial charge in [0.05, 0.1) is 11.0 Å². The second-order valence-corrected chi connectivity index (χ2v) is 7.02. The molecule has 0 bridgehead atoms. The predicted octanol–water partition coefficient (Wildman–Crippen LogP) is 3.72. The monoisotopic (exact) mass is 361 g/mol. The van der Waals surface area contributed by atoms with E-state index in [1.54, 1.807) is 39.8 Å². The molecule has 0 aliphatic rings. The molecule has 0 fully saturated rings. The number of amides is 1. The van der Waals surface area contributed by atoms with Gasteiger partial charge in [-0.1, -0.05) is 27.5 Å². The highest BCUT2D eigenvalue weighted by atomic mass is 79.9. The molecule has 110 valence electrons. The second-order valence-electron chi connectivity index (χ2n) is 5.67. The van der Waals surface area contributed by atoms with E-state index < -0.39 is 16.9 Å². The van der Waals surface area contributed by atoms with E-state index in [1.165, 1.54) is 6.07 Å². The fourth-order valence-electron chi connectivity index (χ4n) is 1.46. The zero-order valence-corrected chi connectivity index (χ0v) is 14.1. The van der Waals surface area contributed by atoms with Gasteiger partial charge in [-0.25, -0.2) is 0 Å². The van der Waals surface area contributed by atoms with E-state index in [-0.39, 0.29) is 5.91 Å². The Labute approximate surface area is 131 Å². The molecule has 2 N–H and O–H groups in total. The molecule has 0 saturated heterocycles. The van der Waals surface area contributed by atoms with Gasteiger partial charge in [-0.2, -0.15) is 0 Å². The molecule has 0 atom stereocenters. The number of rotatable bonds is 4. The van der Waals surface area contributed by atoms with Crippen LogP contribution < -0.4 is 5.32 Å². The van der Waals surface area contributed by atoms with Crippen molar-refractivity contribution in [2.45, 2.75) is 33.2 Å². The lowest BCUT2D eigenvalue weighted by atomic mass is 9.74. The Bertz CT molecular complexity index is 535. The van der Waals surface area contributed by atoms with Crippen LogP contribution in [0.1, 0.15) is 38.1 Å². The number of hydrogen-bond donors (Lipinski definition) is 2. The first-order chi connectivity index (χ1) is 8.97. The number of carbonyl (C=O) groups is 2. The molecule has 4 nitrogen and oxygen atoms in total. The summed E-state index contributed by atoms with van der Waals surface area (Å²) in [6, 6.07) is 4.83. The van der Waals surface area contributed by atoms with E-state index >= 15 is 0 Å². The van der Waals surface area contributed by atoms with Crippen LogP contribution in [0.3, 0.4) is 0 Å². The number of hydrogen-bond acceptors (Lipinski definition) is 2. The van der Waals surface area contributed by atoms with Gasteiger partial charge in [0.2, 0.25) is 0 Å². The van der Waals surface area contributed by atoms with Crippen molar-refractivity contribution in [3.05, 3.63) is 33.3 Å². The number of aliphatic carboxylic acids is 1. The molecule has 0 aromatic heterocycles. The first kappa shape index (κ1) is 17.0. The Morgan fingerprint density at radius 2 is 1.75 bits per heavy atom. The average Bonchev–Trinajstić information content (AvgIpc) is 2.26. The summed E-state index contributed by atoms with van der Waals surface area (Å²) in [6.45, 7) is 6.50. The standard InChI is InChI=1S/C14H17BrClNO3/c1-13(2,12(19)20)14(3,4)17-11(18)8-5-9(15)7-10(16)6-8/h5-7H,1-4H3,(H,17,18)(H,19,20). The summed E-state index contributed by atoms with van der Waals surface area (Å²) < 4.78 is 0.686. The number of halogens is 2. The van der Waals surface area contributed by atoms with Crippen molar-refractivity contribution in [3.8, 4) is 0 Å². The van der Waals surface area contributed by atoms with E-state index in [2.05, 4.69) is 21.2 Å². The molecular formula is C14H17BrClNO3. The van der Waals surface area contributed by atoms with Gasteiger partial charge in [-0.3, -0.25) is 9.59 Å². The van der Waals surface area contributed by atoms with E-state index in [0.29, 0.717) is 15.1 Å². The summed E-state index contributed by atoms with van der Waals surface area (Å²) in [5.41, 5.74) is -1.66. The molecule has 1 amide bonds. The van der Waals surface area contributed by atoms with Crippen LogP contribution in [-0.2, 0) is 4.79 Å². The number of benzene rings is 1. The molecule has 1 rings (SSSR count). The number of carboxylic acid groups (broad SMARTS) is 1. The molecule has 0 unspecified atom stereocenters. The quantitative estimate of drug-likeness (QED) is 0.858. The SMILES string of the molecule is CC(C)(NC(=O)c1cc(Cl)cc(Br)c1)C(C)(C)C(=O)O. The van der Waals surface area contributed by atoms with Gasteiger partial charge in [-0.15, -0.1) is 0 Å². The molecule has 0 radical (unpaired) electrons. The molecule has 0 aliphatic carbocycles. The Morgan fingerprint density at radius 3 is 2.20 bits per heavy atom. The lowest BCUT2D eigenvalue weighted by Gasteiger charge is -2.38. The molecule has 1 aromatic rings. The molecule has 0 saturated carbocycles. The zero-order valence-electron chi connectivity index (χ0n) is 11.8. The van der Waals surface area contributed by atoms with Crippen LogP contribution in [0.4, 0.5) is 0 Å². The van der Waals surface area contributed by atoms with Crippen LogP contribution in [0.25, 0.3) is 0 Å². The van der Waals surface area contributed by atoms with E-state index in [1.807, 2.05) is 0 Å². The highest BCUT2D eigenvalue weighted by molar-refractivity contribution is 9.10. The minimum atomic E-state index is -1.11. The van der Waals surface area contributed by atoms with Crippen molar-refractivity contribution >= 4 is 39.4 Å². The summed E-state index contributed by atoms with van der Waals surface area (Å²) in [4.78, 5) is 23.6. The van der Waals surface area contributed by atoms with Crippen LogP contribution in [0.2, 0.25) is 5.02 Å². The maximum absolute atomic E-state index is 12.3. The number of carbonyl (C=O) groups excluding carboxylic acids is 1. The average molecular weight is 363 g/mol. The van der Waals surface area contributed by atoms with Gasteiger partial charge in [-0.05, 0) is 45.9 Å². The number of carboxylic acids is 1. The van der Waals surface area contributed by atoms with Gasteiger partial charge >= 0.3 is 5.97 Å². The zero-order chi connectivity index (χ0) is 15.7. The molecule has 0 heterocycles. The lowest BCUT2D eigenvalue weighted by molar-refractivity contribution is -0.150. The maximum atomic E-state index is 12.3. The summed E-state index contributed by atoms with van der Waals surface area (Å²) in [5.74, 6) is -1.34. The molecule has 1 aromatic carbocycles. The maximum Gasteiger partial charge on any atom is 0.311 e. The third-order valence-corrected chi connectivity index (χ3v) is 4.32. The molecular weight excluding hydrogens is 346 g/mol. The minimum absolute atomic E-state index is 0.368. The summed E-state index contributed by atoms with van der Waals surface area (Å²) in [6.07, 6.45) is 0. The Balaban J connectivity index is 3.03. The molecule has 0 aliphatic heterocycles. The van der Waals surface area contributed by atoms with Crippen molar-refractivity contribution in [1.29, 1.82) is 0 Å². The third-order valence-electron chi connectivity index (χ3n) is 3.65. The van der Waals surface area contributed by atoms with Gasteiger partial charge < -0.3 is 10.4 Å². The van der Waals surface area contributed by atoms with Crippen molar-refractivity contribution in [2.24, 2.45) is 5.41 Å². The van der Waals surface area contributed by atoms with E-state index in [9.17, 15) is 14.7 Å². The first-order valence-electron chi connectivity index (χ1n) is 5.99. The van der Waals surface area contributed by atoms with Crippen molar-refractivity contribution in [1.82, 2.24) is 5.32 Å². The van der Waals surface area contributed by atoms with Crippen molar-refractivity contribution in [3.63, 3.8) is 0 Å². The van der Waals surface area contributed by atoms with E-state index in [4.69, 9.17) is 11.6 Å². The first-order valence-corrected chi connectivity index (χ1v) is 7.16. The summed E-state index contributed by atoms with van der Waals surface area (Å²) in [5, 5.41) is 12.4. The second kappa shape index (κ2) is 5.74. The minimum Gasteiger partial charge on any atom is -0.481 e. The highest BCUT2D eigenvalue weighted by Crippen LogP contribution is 2.31. The van der Waals surface area contributed by atoms with Crippen LogP contribution in [0.15, 0.2) is 22.7 Å². The van der Waals surface area contributed by atoms with Gasteiger partial charge in [0, 0.05) is 15.1 Å². The van der Waals surface area contributed by atoms with E-state index in [0.717, 1.165) is 0 Å². The molecule has 20 heavy (non-hydrogen) atoms. The van der Waals surface area contributed by atoms with Crippen LogP contribution in [-0.4, -0.2) is 22.5 Å². The van der Waals surface area contributed by atoms with Gasteiger partial charge in [0.1, 0.15) is 0 Å². The topological polar surface area (TPSA) is 66.4 Å². The van der Waals surface area contributed by atoms with Crippen LogP contribution in [0.5, 0.6) is 0 Å². The lowest BCUT2D eigenvalue weighted by Crippen LogP contribution is -2.56. The molecule has 0 spiro atoms. The fraction of sp³-hybridized carbons (Fsp3) is 0.429. The van der Waals surface area contributed by atoms with Crippen LogP contribution >= 0.6 is 27.5 Å². The predicted molar refractivity (Wildman–Crippen MR) is 82.1 cm³/mol. The van der Waals surface area contributed by atoms with Gasteiger partial charge in [0.15, 0.2) is 0 Å². The highest BCUT2D eigenvalue weighted by Gasteiger charge is 2.44. The third kappa shape index (κ3) is 3.52. The van der Waals surface area contributed by atoms with Crippen molar-refractivity contribution < 1.29 is 14.7 Å². The fourth-order valence-corrected chi connectivity index (χ4v) is 2.32. The summed E-state index contributed by atoms with van der Waals surface area (Å²) >= 11 is 9.17. The number of nitrogens with one attached hydrogen (secondary N) is 1. The van der Waals surface area contributed by atoms with Crippen molar-refractivity contribution in [2.75, 3.05) is 0 Å². The van der Waals surface area contributed by atoms with Crippen LogP contribution in [0, 0.1) is 5.41 Å². The Hall–Kier alpha value is -1.07. The molecule has 6 heteroatoms. The summed E-state index contributed by atoms with van der Waals surface area (Å²) in [7, 11) is 0. The normalized spacial score (nSPS) is 12.1. The largest absolute Gasteiger partial charge is 0.481 e. The smallest absolute Gasteiger partial charge is 0.311 e. The Morgan fingerprint density at radius 1 is 1.20 bits per heavy atom. The van der Waals surface area contributed by atoms with Gasteiger partial charge in [0.25, 0.3) is 5.91 Å². The Kier molecular flexibility index (Phi) is 4.87.